The molecule has 0 saturated carbocycles. The van der Waals surface area contributed by atoms with Crippen LogP contribution in [-0.2, 0) is 0 Å². The fourth-order valence-corrected chi connectivity index (χ4v) is 12.2. The molecule has 0 bridgehead atoms. The van der Waals surface area contributed by atoms with Crippen molar-refractivity contribution in [2.45, 2.75) is 13.8 Å². The second-order valence-corrected chi connectivity index (χ2v) is 17.9. The van der Waals surface area contributed by atoms with Gasteiger partial charge in [-0.25, -0.2) is 9.97 Å². The molecular formula is C48H24N2O4S3. The first-order valence-corrected chi connectivity index (χ1v) is 20.8. The van der Waals surface area contributed by atoms with Gasteiger partial charge in [0.25, 0.3) is 0 Å². The highest BCUT2D eigenvalue weighted by Gasteiger charge is 2.35. The van der Waals surface area contributed by atoms with Crippen molar-refractivity contribution < 1.29 is 19.2 Å². The third-order valence-corrected chi connectivity index (χ3v) is 15.0. The SMILES string of the molecule is Cc1c2nc(C=C3C(=O)c4cc5cc6ccccc6cc5cc4C3=O)sc2c(C)c2c1sc1nc(C=C3C(=O)c4cc5cc6ccccc6cc5cc4C3=O)sc12. The number of rotatable bonds is 2. The highest BCUT2D eigenvalue weighted by Crippen LogP contribution is 2.46. The molecule has 0 spiro atoms. The Hall–Kier alpha value is -6.52. The van der Waals surface area contributed by atoms with Crippen molar-refractivity contribution in [3.05, 3.63) is 152 Å². The largest absolute Gasteiger partial charge is 0.288 e. The van der Waals surface area contributed by atoms with E-state index < -0.39 is 0 Å². The van der Waals surface area contributed by atoms with E-state index in [1.54, 1.807) is 23.5 Å². The number of fused-ring (bicyclic) bond motifs is 10. The van der Waals surface area contributed by atoms with Gasteiger partial charge < -0.3 is 0 Å². The third-order valence-electron chi connectivity index (χ3n) is 11.5. The minimum absolute atomic E-state index is 0.128. The topological polar surface area (TPSA) is 94.1 Å². The summed E-state index contributed by atoms with van der Waals surface area (Å²) in [5.74, 6) is -1.12. The highest BCUT2D eigenvalue weighted by molar-refractivity contribution is 7.32. The number of hydrogen-bond donors (Lipinski definition) is 0. The van der Waals surface area contributed by atoms with Crippen LogP contribution in [0.25, 0.3) is 85.1 Å². The maximum absolute atomic E-state index is 13.7. The van der Waals surface area contributed by atoms with Gasteiger partial charge in [-0.1, -0.05) is 48.5 Å². The normalized spacial score (nSPS) is 14.2. The number of thiophene rings is 1. The predicted molar refractivity (Wildman–Crippen MR) is 234 cm³/mol. The van der Waals surface area contributed by atoms with Gasteiger partial charge in [0, 0.05) is 32.3 Å². The Labute approximate surface area is 335 Å². The molecule has 9 heteroatoms. The summed E-state index contributed by atoms with van der Waals surface area (Å²) in [5.41, 5.74) is 4.83. The van der Waals surface area contributed by atoms with Gasteiger partial charge in [-0.05, 0) is 129 Å². The average molecular weight is 789 g/mol. The molecule has 3 heterocycles. The smallest absolute Gasteiger partial charge is 0.197 e. The summed E-state index contributed by atoms with van der Waals surface area (Å²) in [6.07, 6.45) is 3.29. The van der Waals surface area contributed by atoms with Crippen molar-refractivity contribution in [3.63, 3.8) is 0 Å². The molecule has 0 unspecified atom stereocenters. The van der Waals surface area contributed by atoms with Crippen LogP contribution in [0, 0.1) is 13.8 Å². The fourth-order valence-electron chi connectivity index (χ4n) is 8.63. The van der Waals surface area contributed by atoms with E-state index in [9.17, 15) is 19.2 Å². The van der Waals surface area contributed by atoms with Crippen molar-refractivity contribution in [2.75, 3.05) is 0 Å². The van der Waals surface area contributed by atoms with Gasteiger partial charge in [-0.3, -0.25) is 19.2 Å². The first-order valence-electron chi connectivity index (χ1n) is 18.4. The van der Waals surface area contributed by atoms with Crippen LogP contribution in [0.1, 0.15) is 62.6 Å². The van der Waals surface area contributed by atoms with Gasteiger partial charge in [-0.2, -0.15) is 0 Å². The van der Waals surface area contributed by atoms with E-state index in [0.717, 1.165) is 84.0 Å². The molecule has 0 radical (unpaired) electrons. The first-order chi connectivity index (χ1) is 27.7. The Kier molecular flexibility index (Phi) is 6.61. The number of carbonyl (C=O) groups excluding carboxylic acids is 4. The summed E-state index contributed by atoms with van der Waals surface area (Å²) in [6.45, 7) is 4.11. The molecule has 12 rings (SSSR count). The minimum Gasteiger partial charge on any atom is -0.288 e. The van der Waals surface area contributed by atoms with Crippen LogP contribution in [0.4, 0.5) is 0 Å². The lowest BCUT2D eigenvalue weighted by Gasteiger charge is -2.04. The molecule has 0 atom stereocenters. The van der Waals surface area contributed by atoms with Crippen molar-refractivity contribution >= 4 is 142 Å². The average Bonchev–Trinajstić information content (AvgIpc) is 4.01. The summed E-state index contributed by atoms with van der Waals surface area (Å²) >= 11 is 4.50. The first kappa shape index (κ1) is 32.7. The summed E-state index contributed by atoms with van der Waals surface area (Å²) in [6, 6.07) is 31.7. The van der Waals surface area contributed by atoms with E-state index in [0.29, 0.717) is 32.3 Å². The number of nitrogens with zero attached hydrogens (tertiary/aromatic N) is 2. The van der Waals surface area contributed by atoms with Crippen molar-refractivity contribution in [1.29, 1.82) is 0 Å². The lowest BCUT2D eigenvalue weighted by atomic mass is 9.99. The second-order valence-electron chi connectivity index (χ2n) is 14.8. The van der Waals surface area contributed by atoms with Gasteiger partial charge in [0.2, 0.25) is 0 Å². The van der Waals surface area contributed by atoms with E-state index >= 15 is 0 Å². The Morgan fingerprint density at radius 1 is 0.439 bits per heavy atom. The molecule has 2 aliphatic rings. The molecule has 2 aliphatic carbocycles. The van der Waals surface area contributed by atoms with E-state index in [1.165, 1.54) is 22.7 Å². The molecule has 57 heavy (non-hydrogen) atoms. The summed E-state index contributed by atoms with van der Waals surface area (Å²) in [4.78, 5) is 65.6. The molecule has 0 amide bonds. The molecule has 0 saturated heterocycles. The maximum atomic E-state index is 13.7. The van der Waals surface area contributed by atoms with Crippen LogP contribution >= 0.6 is 34.0 Å². The molecular weight excluding hydrogens is 765 g/mol. The van der Waals surface area contributed by atoms with Crippen molar-refractivity contribution in [1.82, 2.24) is 9.97 Å². The number of ketones is 4. The monoisotopic (exact) mass is 788 g/mol. The summed E-state index contributed by atoms with van der Waals surface area (Å²) in [7, 11) is 0. The zero-order chi connectivity index (χ0) is 38.4. The molecule has 0 N–H and O–H groups in total. The van der Waals surface area contributed by atoms with Gasteiger partial charge in [-0.15, -0.1) is 34.0 Å². The summed E-state index contributed by atoms with van der Waals surface area (Å²) < 4.78 is 3.03. The number of benzene rings is 7. The quantitative estimate of drug-likeness (QED) is 0.0983. The predicted octanol–water partition coefficient (Wildman–Crippen LogP) is 12.3. The lowest BCUT2D eigenvalue weighted by Crippen LogP contribution is -2.00. The Bertz CT molecular complexity index is 3540. The van der Waals surface area contributed by atoms with E-state index in [2.05, 4.69) is 31.2 Å². The van der Waals surface area contributed by atoms with Crippen LogP contribution < -0.4 is 0 Å². The number of hydrogen-bond acceptors (Lipinski definition) is 9. The number of carbonyl (C=O) groups is 4. The van der Waals surface area contributed by atoms with Gasteiger partial charge in [0.15, 0.2) is 23.1 Å². The van der Waals surface area contributed by atoms with Crippen LogP contribution in [0.2, 0.25) is 0 Å². The van der Waals surface area contributed by atoms with E-state index in [1.807, 2.05) is 79.7 Å². The fraction of sp³-hybridized carbons (Fsp3) is 0.0417. The number of allylic oxidation sites excluding steroid dienone is 2. The molecule has 10 aromatic rings. The maximum Gasteiger partial charge on any atom is 0.197 e. The van der Waals surface area contributed by atoms with Crippen molar-refractivity contribution in [3.8, 4) is 0 Å². The zero-order valence-electron chi connectivity index (χ0n) is 30.1. The number of thiazole rings is 2. The second kappa shape index (κ2) is 11.5. The van der Waals surface area contributed by atoms with E-state index in [-0.39, 0.29) is 34.3 Å². The van der Waals surface area contributed by atoms with Crippen LogP contribution in [0.5, 0.6) is 0 Å². The molecule has 268 valence electrons. The molecule has 3 aromatic heterocycles. The lowest BCUT2D eigenvalue weighted by molar-refractivity contribution is 0.0975. The van der Waals surface area contributed by atoms with Crippen molar-refractivity contribution in [2.24, 2.45) is 0 Å². The zero-order valence-corrected chi connectivity index (χ0v) is 32.6. The molecule has 0 aliphatic heterocycles. The minimum atomic E-state index is -0.282. The highest BCUT2D eigenvalue weighted by atomic mass is 32.1. The standard InChI is InChI=1S/C48H24N2O4S3/c1-21-39-45(57-48-47(39)56-38(50-48)20-36-43(53)33-17-29-13-25-9-5-6-10-26(25)14-30(29)18-34(33)44(36)54)22(2)40-46(21)55-37(49-40)19-35-41(51)31-15-27-11-23-7-3-4-8-24(23)12-28(27)16-32(31)42(35)52/h3-20H,1-2H3. The molecule has 7 aromatic carbocycles. The number of aromatic nitrogens is 2. The number of aryl methyl sites for hydroxylation is 2. The number of Topliss-reactive ketones (excluding diaryl/α,β-unsaturated/α-hetero) is 4. The Balaban J connectivity index is 0.913. The Morgan fingerprint density at radius 3 is 1.28 bits per heavy atom. The third kappa shape index (κ3) is 4.61. The van der Waals surface area contributed by atoms with Crippen LogP contribution in [-0.4, -0.2) is 33.1 Å². The van der Waals surface area contributed by atoms with Gasteiger partial charge in [0.05, 0.1) is 26.1 Å². The molecule has 0 fully saturated rings. The van der Waals surface area contributed by atoms with Gasteiger partial charge >= 0.3 is 0 Å². The molecule has 6 nitrogen and oxygen atoms in total. The van der Waals surface area contributed by atoms with E-state index in [4.69, 9.17) is 9.97 Å². The summed E-state index contributed by atoms with van der Waals surface area (Å²) in [5, 5.41) is 10.3. The Morgan fingerprint density at radius 2 is 0.842 bits per heavy atom. The van der Waals surface area contributed by atoms with Crippen LogP contribution in [0.15, 0.2) is 108 Å². The van der Waals surface area contributed by atoms with Crippen LogP contribution in [0.3, 0.4) is 0 Å². The van der Waals surface area contributed by atoms with Gasteiger partial charge in [0.1, 0.15) is 14.8 Å².